The lowest BCUT2D eigenvalue weighted by atomic mass is 9.96. The Labute approximate surface area is 113 Å². The maximum absolute atomic E-state index is 13.2. The van der Waals surface area contributed by atoms with Gasteiger partial charge in [-0.25, -0.2) is 4.39 Å². The lowest BCUT2D eigenvalue weighted by Gasteiger charge is -2.22. The zero-order valence-electron chi connectivity index (χ0n) is 11.3. The van der Waals surface area contributed by atoms with Crippen LogP contribution in [0.15, 0.2) is 18.2 Å². The molecule has 1 aromatic carbocycles. The van der Waals surface area contributed by atoms with Crippen molar-refractivity contribution < 1.29 is 9.18 Å². The number of hydrogen-bond acceptors (Lipinski definition) is 2. The molecule has 0 aromatic heterocycles. The minimum absolute atomic E-state index is 0.189. The minimum atomic E-state index is -0.360. The highest BCUT2D eigenvalue weighted by Gasteiger charge is 2.13. The van der Waals surface area contributed by atoms with Gasteiger partial charge in [0.15, 0.2) is 0 Å². The summed E-state index contributed by atoms with van der Waals surface area (Å²) in [4.78, 5) is 11.9. The summed E-state index contributed by atoms with van der Waals surface area (Å²) in [6.07, 6.45) is 3.41. The van der Waals surface area contributed by atoms with E-state index in [1.165, 1.54) is 25.0 Å². The largest absolute Gasteiger partial charge is 0.352 e. The summed E-state index contributed by atoms with van der Waals surface area (Å²) in [5, 5.41) is 6.22. The van der Waals surface area contributed by atoms with Crippen molar-refractivity contribution in [1.82, 2.24) is 10.6 Å². The van der Waals surface area contributed by atoms with Gasteiger partial charge in [-0.05, 0) is 69.0 Å². The van der Waals surface area contributed by atoms with Crippen LogP contribution in [-0.4, -0.2) is 25.5 Å². The molecule has 1 fully saturated rings. The number of carbonyl (C=O) groups is 1. The number of nitrogens with one attached hydrogen (secondary N) is 2. The predicted molar refractivity (Wildman–Crippen MR) is 73.7 cm³/mol. The highest BCUT2D eigenvalue weighted by atomic mass is 19.1. The Morgan fingerprint density at radius 3 is 3.00 bits per heavy atom. The molecule has 1 saturated heterocycles. The molecule has 1 heterocycles. The zero-order chi connectivity index (χ0) is 13.7. The maximum Gasteiger partial charge on any atom is 0.251 e. The molecule has 1 aliphatic rings. The highest BCUT2D eigenvalue weighted by molar-refractivity contribution is 5.94. The van der Waals surface area contributed by atoms with E-state index in [0.717, 1.165) is 25.1 Å². The van der Waals surface area contributed by atoms with Gasteiger partial charge in [0.1, 0.15) is 5.82 Å². The molecule has 1 aromatic rings. The van der Waals surface area contributed by atoms with E-state index in [4.69, 9.17) is 0 Å². The topological polar surface area (TPSA) is 41.1 Å². The number of halogens is 1. The summed E-state index contributed by atoms with van der Waals surface area (Å²) in [5.74, 6) is 0.0938. The molecule has 0 aliphatic carbocycles. The molecule has 0 saturated carbocycles. The predicted octanol–water partition coefficient (Wildman–Crippen LogP) is 2.25. The van der Waals surface area contributed by atoms with Gasteiger partial charge in [-0.2, -0.15) is 0 Å². The van der Waals surface area contributed by atoms with Crippen molar-refractivity contribution in [1.29, 1.82) is 0 Å². The summed E-state index contributed by atoms with van der Waals surface area (Å²) in [5.41, 5.74) is 1.17. The first kappa shape index (κ1) is 14.0. The molecule has 0 radical (unpaired) electrons. The van der Waals surface area contributed by atoms with Gasteiger partial charge >= 0.3 is 0 Å². The Kier molecular flexibility index (Phi) is 4.91. The normalized spacial score (nSPS) is 19.2. The third-order valence-electron chi connectivity index (χ3n) is 3.54. The standard InChI is InChI=1S/C15H21FN2O/c1-11-7-13(9-14(16)8-11)15(19)18-6-4-12-3-2-5-17-10-12/h7-9,12,17H,2-6,10H2,1H3,(H,18,19). The van der Waals surface area contributed by atoms with E-state index in [1.807, 2.05) is 0 Å². The van der Waals surface area contributed by atoms with E-state index in [9.17, 15) is 9.18 Å². The Balaban J connectivity index is 1.80. The molecule has 0 spiro atoms. The summed E-state index contributed by atoms with van der Waals surface area (Å²) >= 11 is 0. The van der Waals surface area contributed by atoms with Gasteiger partial charge in [-0.15, -0.1) is 0 Å². The maximum atomic E-state index is 13.2. The van der Waals surface area contributed by atoms with Crippen molar-refractivity contribution in [2.45, 2.75) is 26.2 Å². The van der Waals surface area contributed by atoms with Crippen molar-refractivity contribution in [2.75, 3.05) is 19.6 Å². The second kappa shape index (κ2) is 6.66. The number of benzene rings is 1. The highest BCUT2D eigenvalue weighted by Crippen LogP contribution is 2.13. The van der Waals surface area contributed by atoms with Crippen LogP contribution in [0.25, 0.3) is 0 Å². The Morgan fingerprint density at radius 1 is 1.47 bits per heavy atom. The third-order valence-corrected chi connectivity index (χ3v) is 3.54. The van der Waals surface area contributed by atoms with Gasteiger partial charge in [0.05, 0.1) is 0 Å². The lowest BCUT2D eigenvalue weighted by molar-refractivity contribution is 0.0950. The second-order valence-electron chi connectivity index (χ2n) is 5.27. The number of rotatable bonds is 4. The van der Waals surface area contributed by atoms with Crippen molar-refractivity contribution in [2.24, 2.45) is 5.92 Å². The third kappa shape index (κ3) is 4.31. The molecule has 2 rings (SSSR count). The first-order valence-corrected chi connectivity index (χ1v) is 6.91. The molecule has 4 heteroatoms. The number of hydrogen-bond donors (Lipinski definition) is 2. The van der Waals surface area contributed by atoms with E-state index in [-0.39, 0.29) is 11.7 Å². The average Bonchev–Trinajstić information content (AvgIpc) is 2.38. The van der Waals surface area contributed by atoms with Crippen LogP contribution in [-0.2, 0) is 0 Å². The summed E-state index contributed by atoms with van der Waals surface area (Å²) in [6.45, 7) is 4.58. The summed E-state index contributed by atoms with van der Waals surface area (Å²) in [7, 11) is 0. The van der Waals surface area contributed by atoms with Crippen LogP contribution in [0.1, 0.15) is 35.2 Å². The van der Waals surface area contributed by atoms with E-state index in [1.54, 1.807) is 13.0 Å². The molecular weight excluding hydrogens is 243 g/mol. The van der Waals surface area contributed by atoms with Gasteiger partial charge in [-0.1, -0.05) is 0 Å². The van der Waals surface area contributed by atoms with Crippen LogP contribution in [0, 0.1) is 18.7 Å². The molecule has 104 valence electrons. The summed E-state index contributed by atoms with van der Waals surface area (Å²) < 4.78 is 13.2. The fourth-order valence-electron chi connectivity index (χ4n) is 2.53. The zero-order valence-corrected chi connectivity index (χ0v) is 11.3. The van der Waals surface area contributed by atoms with Crippen LogP contribution in [0.2, 0.25) is 0 Å². The molecule has 2 N–H and O–H groups in total. The molecule has 3 nitrogen and oxygen atoms in total. The second-order valence-corrected chi connectivity index (χ2v) is 5.27. The van der Waals surface area contributed by atoms with Crippen molar-refractivity contribution in [3.63, 3.8) is 0 Å². The van der Waals surface area contributed by atoms with Crippen LogP contribution in [0.4, 0.5) is 4.39 Å². The van der Waals surface area contributed by atoms with Gasteiger partial charge in [-0.3, -0.25) is 4.79 Å². The molecule has 1 aliphatic heterocycles. The number of amides is 1. The molecular formula is C15H21FN2O. The van der Waals surface area contributed by atoms with Crippen molar-refractivity contribution >= 4 is 5.91 Å². The summed E-state index contributed by atoms with van der Waals surface area (Å²) in [6, 6.07) is 4.41. The van der Waals surface area contributed by atoms with Crippen LogP contribution >= 0.6 is 0 Å². The Hall–Kier alpha value is -1.42. The Bertz CT molecular complexity index is 422. The molecule has 1 amide bonds. The quantitative estimate of drug-likeness (QED) is 0.875. The van der Waals surface area contributed by atoms with Gasteiger partial charge in [0, 0.05) is 12.1 Å². The number of carbonyl (C=O) groups excluding carboxylic acids is 1. The SMILES string of the molecule is Cc1cc(F)cc(C(=O)NCCC2CCCNC2)c1. The number of piperidine rings is 1. The average molecular weight is 264 g/mol. The van der Waals surface area contributed by atoms with Gasteiger partial charge < -0.3 is 10.6 Å². The number of aryl methyl sites for hydroxylation is 1. The fourth-order valence-corrected chi connectivity index (χ4v) is 2.53. The van der Waals surface area contributed by atoms with E-state index >= 15 is 0 Å². The minimum Gasteiger partial charge on any atom is -0.352 e. The Morgan fingerprint density at radius 2 is 2.32 bits per heavy atom. The van der Waals surface area contributed by atoms with Crippen molar-refractivity contribution in [3.8, 4) is 0 Å². The van der Waals surface area contributed by atoms with Gasteiger partial charge in [0.2, 0.25) is 0 Å². The molecule has 0 bridgehead atoms. The van der Waals surface area contributed by atoms with Crippen LogP contribution in [0.5, 0.6) is 0 Å². The molecule has 1 unspecified atom stereocenters. The van der Waals surface area contributed by atoms with Crippen LogP contribution < -0.4 is 10.6 Å². The van der Waals surface area contributed by atoms with Crippen molar-refractivity contribution in [3.05, 3.63) is 35.1 Å². The van der Waals surface area contributed by atoms with E-state index < -0.39 is 0 Å². The van der Waals surface area contributed by atoms with E-state index in [0.29, 0.717) is 18.0 Å². The molecule has 1 atom stereocenters. The smallest absolute Gasteiger partial charge is 0.251 e. The van der Waals surface area contributed by atoms with E-state index in [2.05, 4.69) is 10.6 Å². The fraction of sp³-hybridized carbons (Fsp3) is 0.533. The molecule has 19 heavy (non-hydrogen) atoms. The monoisotopic (exact) mass is 264 g/mol. The van der Waals surface area contributed by atoms with Crippen LogP contribution in [0.3, 0.4) is 0 Å². The first-order chi connectivity index (χ1) is 9.15. The lowest BCUT2D eigenvalue weighted by Crippen LogP contribution is -2.33. The first-order valence-electron chi connectivity index (χ1n) is 6.91. The van der Waals surface area contributed by atoms with Gasteiger partial charge in [0.25, 0.3) is 5.91 Å².